The Morgan fingerprint density at radius 2 is 1.94 bits per heavy atom. The molecule has 0 spiro atoms. The van der Waals surface area contributed by atoms with Crippen LogP contribution in [-0.4, -0.2) is 28.7 Å². The second kappa shape index (κ2) is 4.49. The molecule has 0 radical (unpaired) electrons. The van der Waals surface area contributed by atoms with Gasteiger partial charge in [-0.3, -0.25) is 10.1 Å². The highest BCUT2D eigenvalue weighted by Crippen LogP contribution is 2.24. The number of carbonyl (C=O) groups is 2. The number of aliphatic carboxylic acids is 1. The maximum Gasteiger partial charge on any atom is 0.331 e. The van der Waals surface area contributed by atoms with Gasteiger partial charge in [0, 0.05) is 5.57 Å². The summed E-state index contributed by atoms with van der Waals surface area (Å²) in [4.78, 5) is 22.8. The smallest absolute Gasteiger partial charge is 0.331 e. The summed E-state index contributed by atoms with van der Waals surface area (Å²) < 4.78 is 0. The Bertz CT molecular complexity index is 387. The van der Waals surface area contributed by atoms with E-state index in [1.54, 1.807) is 6.92 Å². The fourth-order valence-corrected chi connectivity index (χ4v) is 1.71. The highest BCUT2D eigenvalue weighted by molar-refractivity contribution is 5.90. The van der Waals surface area contributed by atoms with Crippen molar-refractivity contribution < 1.29 is 14.7 Å². The number of hydrogen-bond donors (Lipinski definition) is 3. The van der Waals surface area contributed by atoms with Crippen molar-refractivity contribution in [2.75, 3.05) is 0 Å². The number of carboxylic acid groups (broad SMARTS) is 1. The van der Waals surface area contributed by atoms with Crippen LogP contribution in [0.1, 0.15) is 34.6 Å². The first-order chi connectivity index (χ1) is 7.70. The monoisotopic (exact) mass is 240 g/mol. The average Bonchev–Trinajstić information content (AvgIpc) is 2.54. The van der Waals surface area contributed by atoms with Crippen molar-refractivity contribution in [2.24, 2.45) is 5.92 Å². The lowest BCUT2D eigenvalue weighted by Crippen LogP contribution is -2.49. The molecule has 0 saturated carbocycles. The molecule has 17 heavy (non-hydrogen) atoms. The molecule has 3 N–H and O–H groups in total. The van der Waals surface area contributed by atoms with Crippen LogP contribution in [0.5, 0.6) is 0 Å². The van der Waals surface area contributed by atoms with Crippen LogP contribution in [0.3, 0.4) is 0 Å². The first kappa shape index (κ1) is 13.7. The zero-order chi connectivity index (χ0) is 13.4. The Labute approximate surface area is 101 Å². The molecule has 0 aromatic heterocycles. The summed E-state index contributed by atoms with van der Waals surface area (Å²) in [6, 6.07) is 0. The van der Waals surface area contributed by atoms with E-state index >= 15 is 0 Å². The maximum absolute atomic E-state index is 11.9. The van der Waals surface area contributed by atoms with E-state index in [2.05, 4.69) is 10.6 Å². The van der Waals surface area contributed by atoms with Crippen molar-refractivity contribution >= 4 is 11.9 Å². The van der Waals surface area contributed by atoms with Crippen LogP contribution in [-0.2, 0) is 9.59 Å². The third-order valence-corrected chi connectivity index (χ3v) is 3.69. The minimum atomic E-state index is -0.961. The van der Waals surface area contributed by atoms with Crippen LogP contribution in [0.4, 0.5) is 0 Å². The summed E-state index contributed by atoms with van der Waals surface area (Å²) >= 11 is 0. The molecule has 2 atom stereocenters. The molecule has 5 nitrogen and oxygen atoms in total. The van der Waals surface area contributed by atoms with Crippen molar-refractivity contribution in [1.29, 1.82) is 0 Å². The minimum Gasteiger partial charge on any atom is -0.478 e. The number of rotatable bonds is 3. The van der Waals surface area contributed by atoms with Crippen molar-refractivity contribution in [3.8, 4) is 0 Å². The SMILES string of the molecule is CC(C(=O)O)=C(C)[C@H]1NC(=O)[C@](C)(C(C)C)N1. The number of carboxylic acids is 1. The molecule has 1 heterocycles. The highest BCUT2D eigenvalue weighted by Gasteiger charge is 2.45. The lowest BCUT2D eigenvalue weighted by Gasteiger charge is -2.26. The largest absolute Gasteiger partial charge is 0.478 e. The van der Waals surface area contributed by atoms with Crippen LogP contribution in [0.15, 0.2) is 11.1 Å². The molecule has 0 aromatic rings. The van der Waals surface area contributed by atoms with Crippen molar-refractivity contribution in [3.05, 3.63) is 11.1 Å². The van der Waals surface area contributed by atoms with Gasteiger partial charge in [0.15, 0.2) is 0 Å². The first-order valence-electron chi connectivity index (χ1n) is 5.69. The van der Waals surface area contributed by atoms with Gasteiger partial charge >= 0.3 is 5.97 Å². The highest BCUT2D eigenvalue weighted by atomic mass is 16.4. The zero-order valence-corrected chi connectivity index (χ0v) is 10.9. The second-order valence-electron chi connectivity index (χ2n) is 5.02. The molecule has 0 aromatic carbocycles. The third-order valence-electron chi connectivity index (χ3n) is 3.69. The molecular formula is C12H20N2O3. The Morgan fingerprint density at radius 1 is 1.41 bits per heavy atom. The van der Waals surface area contributed by atoms with Crippen LogP contribution in [0.2, 0.25) is 0 Å². The molecular weight excluding hydrogens is 220 g/mol. The van der Waals surface area contributed by atoms with E-state index in [4.69, 9.17) is 5.11 Å². The van der Waals surface area contributed by atoms with Gasteiger partial charge in [-0.15, -0.1) is 0 Å². The van der Waals surface area contributed by atoms with Crippen molar-refractivity contribution in [2.45, 2.75) is 46.3 Å². The lowest BCUT2D eigenvalue weighted by molar-refractivity contribution is -0.132. The van der Waals surface area contributed by atoms with Crippen LogP contribution in [0.25, 0.3) is 0 Å². The average molecular weight is 240 g/mol. The van der Waals surface area contributed by atoms with E-state index in [1.165, 1.54) is 6.92 Å². The molecule has 1 aliphatic rings. The predicted molar refractivity (Wildman–Crippen MR) is 64.3 cm³/mol. The van der Waals surface area contributed by atoms with Gasteiger partial charge in [0.25, 0.3) is 0 Å². The number of amides is 1. The molecule has 1 aliphatic heterocycles. The van der Waals surface area contributed by atoms with Gasteiger partial charge in [-0.25, -0.2) is 4.79 Å². The summed E-state index contributed by atoms with van der Waals surface area (Å²) in [5, 5.41) is 14.9. The molecule has 1 rings (SSSR count). The fourth-order valence-electron chi connectivity index (χ4n) is 1.71. The first-order valence-corrected chi connectivity index (χ1v) is 5.69. The Kier molecular flexibility index (Phi) is 3.62. The van der Waals surface area contributed by atoms with Crippen LogP contribution in [0, 0.1) is 5.92 Å². The Balaban J connectivity index is 2.98. The standard InChI is InChI=1S/C12H20N2O3/c1-6(2)12(5)11(17)13-9(14-12)7(3)8(4)10(15)16/h6,9,14H,1-5H3,(H,13,17)(H,15,16)/t9-,12-/m0/s1. The van der Waals surface area contributed by atoms with Crippen molar-refractivity contribution in [1.82, 2.24) is 10.6 Å². The van der Waals surface area contributed by atoms with E-state index in [1.807, 2.05) is 20.8 Å². The summed E-state index contributed by atoms with van der Waals surface area (Å²) in [6.07, 6.45) is -0.397. The molecule has 1 saturated heterocycles. The van der Waals surface area contributed by atoms with E-state index in [0.29, 0.717) is 5.57 Å². The van der Waals surface area contributed by atoms with Crippen LogP contribution < -0.4 is 10.6 Å². The number of carbonyl (C=O) groups excluding carboxylic acids is 1. The molecule has 1 fully saturated rings. The molecule has 5 heteroatoms. The Hall–Kier alpha value is -1.36. The lowest BCUT2D eigenvalue weighted by atomic mass is 9.89. The zero-order valence-electron chi connectivity index (χ0n) is 10.9. The molecule has 1 amide bonds. The normalized spacial score (nSPS) is 30.2. The third kappa shape index (κ3) is 2.34. The van der Waals surface area contributed by atoms with Gasteiger partial charge in [0.2, 0.25) is 5.91 Å². The van der Waals surface area contributed by atoms with Gasteiger partial charge in [-0.1, -0.05) is 13.8 Å². The minimum absolute atomic E-state index is 0.0879. The maximum atomic E-state index is 11.9. The van der Waals surface area contributed by atoms with Crippen molar-refractivity contribution in [3.63, 3.8) is 0 Å². The molecule has 0 bridgehead atoms. The van der Waals surface area contributed by atoms with E-state index < -0.39 is 17.7 Å². The van der Waals surface area contributed by atoms with Gasteiger partial charge in [-0.05, 0) is 32.3 Å². The van der Waals surface area contributed by atoms with Gasteiger partial charge in [0.05, 0.1) is 5.54 Å². The summed E-state index contributed by atoms with van der Waals surface area (Å²) in [6.45, 7) is 9.00. The number of nitrogens with one attached hydrogen (secondary N) is 2. The molecule has 0 unspecified atom stereocenters. The predicted octanol–water partition coefficient (Wildman–Crippen LogP) is 0.868. The van der Waals surface area contributed by atoms with Gasteiger partial charge in [-0.2, -0.15) is 0 Å². The van der Waals surface area contributed by atoms with Crippen LogP contribution >= 0.6 is 0 Å². The molecule has 0 aliphatic carbocycles. The number of hydrogen-bond acceptors (Lipinski definition) is 3. The van der Waals surface area contributed by atoms with E-state index in [0.717, 1.165) is 0 Å². The van der Waals surface area contributed by atoms with E-state index in [9.17, 15) is 9.59 Å². The summed E-state index contributed by atoms with van der Waals surface area (Å²) in [5.74, 6) is -0.919. The second-order valence-corrected chi connectivity index (χ2v) is 5.02. The molecule has 96 valence electrons. The van der Waals surface area contributed by atoms with Gasteiger partial charge < -0.3 is 10.4 Å². The van der Waals surface area contributed by atoms with Gasteiger partial charge in [0.1, 0.15) is 6.17 Å². The topological polar surface area (TPSA) is 78.4 Å². The summed E-state index contributed by atoms with van der Waals surface area (Å²) in [7, 11) is 0. The Morgan fingerprint density at radius 3 is 2.29 bits per heavy atom. The van der Waals surface area contributed by atoms with E-state index in [-0.39, 0.29) is 17.4 Å². The fraction of sp³-hybridized carbons (Fsp3) is 0.667. The summed E-state index contributed by atoms with van der Waals surface area (Å²) in [5.41, 5.74) is 0.246. The quantitative estimate of drug-likeness (QED) is 0.640.